The van der Waals surface area contributed by atoms with Crippen LogP contribution in [0.1, 0.15) is 28.1 Å². The normalized spacial score (nSPS) is 17.4. The Morgan fingerprint density at radius 1 is 1.55 bits per heavy atom. The Hall–Kier alpha value is -0.430. The number of nitrogens with zero attached hydrogens (tertiary/aromatic N) is 2. The highest BCUT2D eigenvalue weighted by Crippen LogP contribution is 2.29. The number of amides is 1. The summed E-state index contributed by atoms with van der Waals surface area (Å²) in [6.07, 6.45) is 1.96. The van der Waals surface area contributed by atoms with E-state index < -0.39 is 0 Å². The van der Waals surface area contributed by atoms with Crippen LogP contribution in [0.4, 0.5) is 0 Å². The van der Waals surface area contributed by atoms with E-state index in [1.807, 2.05) is 17.9 Å². The number of piperidine rings is 1. The van der Waals surface area contributed by atoms with Crippen molar-refractivity contribution in [2.75, 3.05) is 33.3 Å². The maximum Gasteiger partial charge on any atom is 0.264 e. The SMILES string of the molecule is Cc1cc(C(=O)N(CCO)C2CCN(C)CC2)sc1Br. The molecule has 0 atom stereocenters. The van der Waals surface area contributed by atoms with Gasteiger partial charge in [-0.2, -0.15) is 0 Å². The van der Waals surface area contributed by atoms with Crippen LogP contribution in [0.15, 0.2) is 9.85 Å². The Morgan fingerprint density at radius 2 is 2.20 bits per heavy atom. The maximum atomic E-state index is 12.7. The molecule has 112 valence electrons. The molecule has 1 fully saturated rings. The number of likely N-dealkylation sites (tertiary alicyclic amines) is 1. The Bertz CT molecular complexity index is 450. The summed E-state index contributed by atoms with van der Waals surface area (Å²) in [7, 11) is 2.11. The molecule has 2 heterocycles. The number of carbonyl (C=O) groups is 1. The van der Waals surface area contributed by atoms with Crippen molar-refractivity contribution < 1.29 is 9.90 Å². The highest BCUT2D eigenvalue weighted by atomic mass is 79.9. The minimum absolute atomic E-state index is 0.0175. The second kappa shape index (κ2) is 7.02. The zero-order valence-corrected chi connectivity index (χ0v) is 14.3. The number of thiophene rings is 1. The van der Waals surface area contributed by atoms with Crippen LogP contribution in [0.5, 0.6) is 0 Å². The van der Waals surface area contributed by atoms with Crippen LogP contribution in [0.2, 0.25) is 0 Å². The zero-order valence-electron chi connectivity index (χ0n) is 11.9. The van der Waals surface area contributed by atoms with E-state index in [2.05, 4.69) is 27.9 Å². The molecular formula is C14H21BrN2O2S. The molecule has 6 heteroatoms. The maximum absolute atomic E-state index is 12.7. The second-order valence-corrected chi connectivity index (χ2v) is 7.69. The smallest absolute Gasteiger partial charge is 0.264 e. The van der Waals surface area contributed by atoms with E-state index >= 15 is 0 Å². The first-order valence-electron chi connectivity index (χ1n) is 6.89. The van der Waals surface area contributed by atoms with Crippen molar-refractivity contribution in [3.05, 3.63) is 20.3 Å². The van der Waals surface area contributed by atoms with E-state index in [1.165, 1.54) is 11.3 Å². The Labute approximate surface area is 132 Å². The molecular weight excluding hydrogens is 340 g/mol. The summed E-state index contributed by atoms with van der Waals surface area (Å²) >= 11 is 4.94. The van der Waals surface area contributed by atoms with E-state index in [-0.39, 0.29) is 18.6 Å². The summed E-state index contributed by atoms with van der Waals surface area (Å²) < 4.78 is 1.01. The Balaban J connectivity index is 2.13. The Kier molecular flexibility index (Phi) is 5.60. The van der Waals surface area contributed by atoms with E-state index in [9.17, 15) is 9.90 Å². The summed E-state index contributed by atoms with van der Waals surface area (Å²) in [6, 6.07) is 2.17. The van der Waals surface area contributed by atoms with Gasteiger partial charge in [0.2, 0.25) is 0 Å². The van der Waals surface area contributed by atoms with Crippen molar-refractivity contribution in [3.63, 3.8) is 0 Å². The second-order valence-electron chi connectivity index (χ2n) is 5.32. The molecule has 0 aliphatic carbocycles. The quantitative estimate of drug-likeness (QED) is 0.895. The number of hydrogen-bond donors (Lipinski definition) is 1. The molecule has 1 aromatic heterocycles. The van der Waals surface area contributed by atoms with Gasteiger partial charge in [0.15, 0.2) is 0 Å². The van der Waals surface area contributed by atoms with Gasteiger partial charge < -0.3 is 14.9 Å². The minimum Gasteiger partial charge on any atom is -0.395 e. The lowest BCUT2D eigenvalue weighted by Crippen LogP contribution is -2.47. The van der Waals surface area contributed by atoms with Crippen molar-refractivity contribution in [3.8, 4) is 0 Å². The molecule has 20 heavy (non-hydrogen) atoms. The number of carbonyl (C=O) groups excluding carboxylic acids is 1. The fraction of sp³-hybridized carbons (Fsp3) is 0.643. The molecule has 0 radical (unpaired) electrons. The number of aliphatic hydroxyl groups is 1. The van der Waals surface area contributed by atoms with Gasteiger partial charge in [-0.25, -0.2) is 0 Å². The van der Waals surface area contributed by atoms with Gasteiger partial charge in [-0.15, -0.1) is 11.3 Å². The molecule has 0 bridgehead atoms. The van der Waals surface area contributed by atoms with Crippen LogP contribution < -0.4 is 0 Å². The molecule has 1 aromatic rings. The fourth-order valence-electron chi connectivity index (χ4n) is 2.57. The zero-order chi connectivity index (χ0) is 14.7. The molecule has 0 saturated carbocycles. The first-order chi connectivity index (χ1) is 9.52. The van der Waals surface area contributed by atoms with E-state index in [1.54, 1.807) is 0 Å². The van der Waals surface area contributed by atoms with E-state index in [0.717, 1.165) is 40.2 Å². The highest BCUT2D eigenvalue weighted by molar-refractivity contribution is 9.11. The average molecular weight is 361 g/mol. The molecule has 1 saturated heterocycles. The molecule has 0 unspecified atom stereocenters. The van der Waals surface area contributed by atoms with Crippen LogP contribution >= 0.6 is 27.3 Å². The fourth-order valence-corrected chi connectivity index (χ4v) is 4.06. The number of hydrogen-bond acceptors (Lipinski definition) is 4. The first kappa shape index (κ1) is 15.9. The van der Waals surface area contributed by atoms with Crippen molar-refractivity contribution in [1.82, 2.24) is 9.80 Å². The van der Waals surface area contributed by atoms with Crippen molar-refractivity contribution in [2.24, 2.45) is 0 Å². The topological polar surface area (TPSA) is 43.8 Å². The summed E-state index contributed by atoms with van der Waals surface area (Å²) in [6.45, 7) is 4.44. The van der Waals surface area contributed by atoms with Gasteiger partial charge >= 0.3 is 0 Å². The monoisotopic (exact) mass is 360 g/mol. The van der Waals surface area contributed by atoms with Crippen molar-refractivity contribution in [1.29, 1.82) is 0 Å². The first-order valence-corrected chi connectivity index (χ1v) is 8.50. The lowest BCUT2D eigenvalue weighted by Gasteiger charge is -2.36. The Morgan fingerprint density at radius 3 is 2.70 bits per heavy atom. The average Bonchev–Trinajstić information content (AvgIpc) is 2.77. The predicted molar refractivity (Wildman–Crippen MR) is 85.4 cm³/mol. The largest absolute Gasteiger partial charge is 0.395 e. The lowest BCUT2D eigenvalue weighted by atomic mass is 10.0. The summed E-state index contributed by atoms with van der Waals surface area (Å²) in [5.74, 6) is 0.0485. The van der Waals surface area contributed by atoms with Crippen molar-refractivity contribution >= 4 is 33.2 Å². The van der Waals surface area contributed by atoms with Crippen LogP contribution in [-0.2, 0) is 0 Å². The molecule has 0 aromatic carbocycles. The van der Waals surface area contributed by atoms with E-state index in [0.29, 0.717) is 6.54 Å². The third kappa shape index (κ3) is 3.61. The number of halogens is 1. The molecule has 2 rings (SSSR count). The highest BCUT2D eigenvalue weighted by Gasteiger charge is 2.28. The predicted octanol–water partition coefficient (Wildman–Crippen LogP) is 2.35. The van der Waals surface area contributed by atoms with Gasteiger partial charge in [0.1, 0.15) is 0 Å². The van der Waals surface area contributed by atoms with Gasteiger partial charge in [0, 0.05) is 12.6 Å². The van der Waals surface area contributed by atoms with Gasteiger partial charge in [0.25, 0.3) is 5.91 Å². The summed E-state index contributed by atoms with van der Waals surface area (Å²) in [4.78, 5) is 17.6. The van der Waals surface area contributed by atoms with Crippen molar-refractivity contribution in [2.45, 2.75) is 25.8 Å². The van der Waals surface area contributed by atoms with Gasteiger partial charge in [0.05, 0.1) is 15.3 Å². The molecule has 1 N–H and O–H groups in total. The van der Waals surface area contributed by atoms with Gasteiger partial charge in [-0.05, 0) is 67.5 Å². The third-order valence-electron chi connectivity index (χ3n) is 3.80. The molecule has 0 spiro atoms. The third-order valence-corrected chi connectivity index (χ3v) is 5.92. The van der Waals surface area contributed by atoms with Gasteiger partial charge in [-0.3, -0.25) is 4.79 Å². The van der Waals surface area contributed by atoms with Crippen LogP contribution in [0.25, 0.3) is 0 Å². The molecule has 1 amide bonds. The summed E-state index contributed by atoms with van der Waals surface area (Å²) in [5, 5.41) is 9.26. The number of aliphatic hydroxyl groups excluding tert-OH is 1. The summed E-state index contributed by atoms with van der Waals surface area (Å²) in [5.41, 5.74) is 1.09. The molecule has 1 aliphatic rings. The standard InChI is InChI=1S/C14H21BrN2O2S/c1-10-9-12(20-13(10)15)14(19)17(7-8-18)11-3-5-16(2)6-4-11/h9,11,18H,3-8H2,1-2H3. The van der Waals surface area contributed by atoms with E-state index in [4.69, 9.17) is 0 Å². The number of rotatable bonds is 4. The lowest BCUT2D eigenvalue weighted by molar-refractivity contribution is 0.0544. The van der Waals surface area contributed by atoms with Crippen LogP contribution in [0.3, 0.4) is 0 Å². The molecule has 4 nitrogen and oxygen atoms in total. The number of aryl methyl sites for hydroxylation is 1. The van der Waals surface area contributed by atoms with Gasteiger partial charge in [-0.1, -0.05) is 0 Å². The van der Waals surface area contributed by atoms with Crippen LogP contribution in [-0.4, -0.2) is 60.1 Å². The molecule has 1 aliphatic heterocycles. The van der Waals surface area contributed by atoms with Crippen LogP contribution in [0, 0.1) is 6.92 Å². The minimum atomic E-state index is 0.0175.